The highest BCUT2D eigenvalue weighted by atomic mass is 35.5. The molecule has 1 N–H and O–H groups in total. The summed E-state index contributed by atoms with van der Waals surface area (Å²) in [5.41, 5.74) is 1.28. The van der Waals surface area contributed by atoms with Crippen molar-refractivity contribution < 1.29 is 22.7 Å². The zero-order chi connectivity index (χ0) is 21.9. The van der Waals surface area contributed by atoms with Crippen LogP contribution in [0.4, 0.5) is 18.3 Å². The molecule has 1 amide bonds. The molecule has 1 aromatic heterocycles. The van der Waals surface area contributed by atoms with Gasteiger partial charge in [0.2, 0.25) is 0 Å². The van der Waals surface area contributed by atoms with Crippen LogP contribution in [0.5, 0.6) is 5.75 Å². The minimum atomic E-state index is -4.45. The van der Waals surface area contributed by atoms with Gasteiger partial charge in [-0.25, -0.2) is 4.98 Å². The second-order valence-corrected chi connectivity index (χ2v) is 8.15. The minimum absolute atomic E-state index is 0.183. The van der Waals surface area contributed by atoms with E-state index in [1.165, 1.54) is 17.4 Å². The highest BCUT2D eigenvalue weighted by Crippen LogP contribution is 2.34. The molecule has 0 atom stereocenters. The zero-order valence-electron chi connectivity index (χ0n) is 16.1. The quantitative estimate of drug-likeness (QED) is 0.494. The normalized spacial score (nSPS) is 11.4. The molecule has 0 aliphatic carbocycles. The average Bonchev–Trinajstić information content (AvgIpc) is 3.01. The summed E-state index contributed by atoms with van der Waals surface area (Å²) in [6, 6.07) is 10.5. The molecule has 0 saturated carbocycles. The molecule has 0 unspecified atom stereocenters. The molecule has 1 heterocycles. The number of carbonyl (C=O) groups excluding carboxylic acids is 1. The fourth-order valence-electron chi connectivity index (χ4n) is 2.64. The maximum atomic E-state index is 13.0. The van der Waals surface area contributed by atoms with E-state index in [9.17, 15) is 18.0 Å². The molecule has 3 aromatic rings. The lowest BCUT2D eigenvalue weighted by molar-refractivity contribution is -0.137. The number of halogens is 4. The van der Waals surface area contributed by atoms with Crippen LogP contribution in [0.1, 0.15) is 27.3 Å². The Kier molecular flexibility index (Phi) is 6.67. The van der Waals surface area contributed by atoms with Crippen molar-refractivity contribution in [3.05, 3.63) is 74.7 Å². The van der Waals surface area contributed by atoms with Gasteiger partial charge in [0, 0.05) is 16.3 Å². The van der Waals surface area contributed by atoms with E-state index >= 15 is 0 Å². The van der Waals surface area contributed by atoms with Crippen molar-refractivity contribution in [1.82, 2.24) is 4.98 Å². The smallest absolute Gasteiger partial charge is 0.416 e. The number of anilines is 1. The molecule has 30 heavy (non-hydrogen) atoms. The van der Waals surface area contributed by atoms with E-state index < -0.39 is 11.7 Å². The van der Waals surface area contributed by atoms with Gasteiger partial charge in [0.25, 0.3) is 5.91 Å². The van der Waals surface area contributed by atoms with Gasteiger partial charge in [0.15, 0.2) is 11.7 Å². The number of benzene rings is 2. The summed E-state index contributed by atoms with van der Waals surface area (Å²) in [5, 5.41) is 3.24. The van der Waals surface area contributed by atoms with E-state index in [4.69, 9.17) is 16.3 Å². The molecule has 3 rings (SSSR count). The number of nitrogens with one attached hydrogen (secondary N) is 1. The lowest BCUT2D eigenvalue weighted by Crippen LogP contribution is -2.20. The monoisotopic (exact) mass is 454 g/mol. The van der Waals surface area contributed by atoms with Crippen LogP contribution in [0.15, 0.2) is 42.5 Å². The number of alkyl halides is 3. The lowest BCUT2D eigenvalue weighted by Gasteiger charge is -2.10. The van der Waals surface area contributed by atoms with Crippen LogP contribution in [0.3, 0.4) is 0 Å². The summed E-state index contributed by atoms with van der Waals surface area (Å²) >= 11 is 7.27. The molecule has 0 radical (unpaired) electrons. The largest absolute Gasteiger partial charge is 0.484 e. The molecule has 0 aliphatic heterocycles. The van der Waals surface area contributed by atoms with Gasteiger partial charge in [-0.15, -0.1) is 11.3 Å². The van der Waals surface area contributed by atoms with Crippen molar-refractivity contribution >= 4 is 34.0 Å². The Morgan fingerprint density at radius 1 is 1.17 bits per heavy atom. The third-order valence-electron chi connectivity index (χ3n) is 4.25. The van der Waals surface area contributed by atoms with Gasteiger partial charge in [-0.05, 0) is 49.7 Å². The summed E-state index contributed by atoms with van der Waals surface area (Å²) in [6.07, 6.45) is -4.26. The summed E-state index contributed by atoms with van der Waals surface area (Å²) in [7, 11) is 0. The van der Waals surface area contributed by atoms with E-state index in [-0.39, 0.29) is 24.0 Å². The van der Waals surface area contributed by atoms with Crippen LogP contribution in [0.2, 0.25) is 5.02 Å². The predicted octanol–water partition coefficient (Wildman–Crippen LogP) is 6.04. The number of rotatable bonds is 6. The molecule has 0 bridgehead atoms. The molecule has 0 spiro atoms. The SMILES string of the molecule is Cc1ccc(OCC(=O)Nc2nc(C)c(Cc3cc(C(F)(F)F)ccc3Cl)s2)cc1. The van der Waals surface area contributed by atoms with Crippen LogP contribution in [0, 0.1) is 13.8 Å². The standard InChI is InChI=1S/C21H18ClF3N2O2S/c1-12-3-6-16(7-4-12)29-11-19(28)27-20-26-13(2)18(30-20)10-14-9-15(21(23,24)25)5-8-17(14)22/h3-9H,10-11H2,1-2H3,(H,26,27,28). The van der Waals surface area contributed by atoms with E-state index in [0.29, 0.717) is 27.0 Å². The van der Waals surface area contributed by atoms with Gasteiger partial charge in [-0.1, -0.05) is 29.3 Å². The van der Waals surface area contributed by atoms with Crippen LogP contribution in [-0.4, -0.2) is 17.5 Å². The molecule has 9 heteroatoms. The second kappa shape index (κ2) is 9.06. The summed E-state index contributed by atoms with van der Waals surface area (Å²) < 4.78 is 44.3. The molecule has 0 saturated heterocycles. The fourth-order valence-corrected chi connectivity index (χ4v) is 3.83. The predicted molar refractivity (Wildman–Crippen MR) is 111 cm³/mol. The Morgan fingerprint density at radius 2 is 1.87 bits per heavy atom. The molecular weight excluding hydrogens is 437 g/mol. The topological polar surface area (TPSA) is 51.2 Å². The van der Waals surface area contributed by atoms with Crippen molar-refractivity contribution in [2.45, 2.75) is 26.4 Å². The van der Waals surface area contributed by atoms with E-state index in [1.807, 2.05) is 19.1 Å². The zero-order valence-corrected chi connectivity index (χ0v) is 17.7. The van der Waals surface area contributed by atoms with Crippen molar-refractivity contribution in [1.29, 1.82) is 0 Å². The number of thiazole rings is 1. The first-order chi connectivity index (χ1) is 14.1. The van der Waals surface area contributed by atoms with Crippen molar-refractivity contribution in [2.24, 2.45) is 0 Å². The number of ether oxygens (including phenoxy) is 1. The number of amides is 1. The van der Waals surface area contributed by atoms with Gasteiger partial charge in [-0.2, -0.15) is 13.2 Å². The highest BCUT2D eigenvalue weighted by molar-refractivity contribution is 7.15. The summed E-state index contributed by atoms with van der Waals surface area (Å²) in [4.78, 5) is 17.1. The lowest BCUT2D eigenvalue weighted by atomic mass is 10.1. The molecule has 158 valence electrons. The average molecular weight is 455 g/mol. The Hall–Kier alpha value is -2.58. The van der Waals surface area contributed by atoms with Crippen LogP contribution in [-0.2, 0) is 17.4 Å². The maximum absolute atomic E-state index is 13.0. The molecule has 4 nitrogen and oxygen atoms in total. The van der Waals surface area contributed by atoms with Crippen LogP contribution >= 0.6 is 22.9 Å². The highest BCUT2D eigenvalue weighted by Gasteiger charge is 2.31. The first-order valence-corrected chi connectivity index (χ1v) is 10.1. The van der Waals surface area contributed by atoms with Gasteiger partial charge >= 0.3 is 6.18 Å². The number of nitrogens with zero attached hydrogens (tertiary/aromatic N) is 1. The van der Waals surface area contributed by atoms with Crippen molar-refractivity contribution in [2.75, 3.05) is 11.9 Å². The first kappa shape index (κ1) is 22.1. The third kappa shape index (κ3) is 5.73. The van der Waals surface area contributed by atoms with Gasteiger partial charge in [0.05, 0.1) is 11.3 Å². The van der Waals surface area contributed by atoms with Crippen molar-refractivity contribution in [3.8, 4) is 5.75 Å². The fraction of sp³-hybridized carbons (Fsp3) is 0.238. The number of hydrogen-bond donors (Lipinski definition) is 1. The van der Waals surface area contributed by atoms with Gasteiger partial charge < -0.3 is 4.74 Å². The van der Waals surface area contributed by atoms with Gasteiger partial charge in [-0.3, -0.25) is 10.1 Å². The van der Waals surface area contributed by atoms with Gasteiger partial charge in [0.1, 0.15) is 5.75 Å². The maximum Gasteiger partial charge on any atom is 0.416 e. The molecule has 2 aromatic carbocycles. The molecule has 0 aliphatic rings. The van der Waals surface area contributed by atoms with E-state index in [1.54, 1.807) is 19.1 Å². The van der Waals surface area contributed by atoms with E-state index in [2.05, 4.69) is 10.3 Å². The first-order valence-electron chi connectivity index (χ1n) is 8.93. The van der Waals surface area contributed by atoms with Crippen LogP contribution < -0.4 is 10.1 Å². The third-order valence-corrected chi connectivity index (χ3v) is 5.70. The Morgan fingerprint density at radius 3 is 2.53 bits per heavy atom. The van der Waals surface area contributed by atoms with Crippen LogP contribution in [0.25, 0.3) is 0 Å². The Bertz CT molecular complexity index is 1050. The number of aryl methyl sites for hydroxylation is 2. The minimum Gasteiger partial charge on any atom is -0.484 e. The second-order valence-electron chi connectivity index (χ2n) is 6.66. The number of aromatic nitrogens is 1. The summed E-state index contributed by atoms with van der Waals surface area (Å²) in [6.45, 7) is 3.49. The molecule has 0 fully saturated rings. The summed E-state index contributed by atoms with van der Waals surface area (Å²) in [5.74, 6) is 0.193. The molecular formula is C21H18ClF3N2O2S. The number of hydrogen-bond acceptors (Lipinski definition) is 4. The Balaban J connectivity index is 1.65. The number of carbonyl (C=O) groups is 1. The van der Waals surface area contributed by atoms with E-state index in [0.717, 1.165) is 17.7 Å². The van der Waals surface area contributed by atoms with Crippen molar-refractivity contribution in [3.63, 3.8) is 0 Å². The Labute approximate surface area is 180 Å².